The Morgan fingerprint density at radius 2 is 1.72 bits per heavy atom. The van der Waals surface area contributed by atoms with Gasteiger partial charge in [0.05, 0.1) is 18.8 Å². The van der Waals surface area contributed by atoms with Crippen molar-refractivity contribution in [3.8, 4) is 0 Å². The standard InChI is InChI=1S/C19H22Cl3NO2/c1-13(14-2-5-16(20)6-3-14)25-12-18(24)11-23-9-8-15-4-7-17(21)10-19(15)22/h2-7,10,13,18,23-24H,8-9,11-12H2,1H3/t13-,18+/m0/s1. The third kappa shape index (κ3) is 7.14. The number of hydrogen-bond acceptors (Lipinski definition) is 3. The van der Waals surface area contributed by atoms with E-state index in [2.05, 4.69) is 5.32 Å². The van der Waals surface area contributed by atoms with Crippen molar-refractivity contribution in [2.45, 2.75) is 25.6 Å². The van der Waals surface area contributed by atoms with Gasteiger partial charge in [0.2, 0.25) is 0 Å². The van der Waals surface area contributed by atoms with Gasteiger partial charge in [-0.25, -0.2) is 0 Å². The summed E-state index contributed by atoms with van der Waals surface area (Å²) in [6, 6.07) is 13.0. The fourth-order valence-corrected chi connectivity index (χ4v) is 2.99. The predicted octanol–water partition coefficient (Wildman–Crippen LogP) is 4.92. The van der Waals surface area contributed by atoms with Crippen LogP contribution in [0.2, 0.25) is 15.1 Å². The first-order chi connectivity index (χ1) is 12.0. The minimum Gasteiger partial charge on any atom is -0.389 e. The van der Waals surface area contributed by atoms with Gasteiger partial charge in [-0.05, 0) is 55.3 Å². The molecule has 0 saturated heterocycles. The predicted molar refractivity (Wildman–Crippen MR) is 105 cm³/mol. The van der Waals surface area contributed by atoms with Gasteiger partial charge in [-0.15, -0.1) is 0 Å². The third-order valence-corrected chi connectivity index (χ3v) is 4.68. The van der Waals surface area contributed by atoms with Crippen molar-refractivity contribution < 1.29 is 9.84 Å². The molecule has 0 spiro atoms. The smallest absolute Gasteiger partial charge is 0.0897 e. The van der Waals surface area contributed by atoms with Crippen LogP contribution in [0.5, 0.6) is 0 Å². The van der Waals surface area contributed by atoms with Gasteiger partial charge >= 0.3 is 0 Å². The van der Waals surface area contributed by atoms with Gasteiger partial charge in [0.25, 0.3) is 0 Å². The first kappa shape index (κ1) is 20.5. The molecule has 0 fully saturated rings. The van der Waals surface area contributed by atoms with Gasteiger partial charge in [-0.1, -0.05) is 53.0 Å². The summed E-state index contributed by atoms with van der Waals surface area (Å²) in [7, 11) is 0. The van der Waals surface area contributed by atoms with Gasteiger partial charge in [0.1, 0.15) is 0 Å². The molecule has 0 aliphatic carbocycles. The van der Waals surface area contributed by atoms with Crippen molar-refractivity contribution in [3.63, 3.8) is 0 Å². The topological polar surface area (TPSA) is 41.5 Å². The van der Waals surface area contributed by atoms with E-state index in [4.69, 9.17) is 39.5 Å². The Labute approximate surface area is 163 Å². The molecule has 2 aromatic rings. The first-order valence-corrected chi connectivity index (χ1v) is 9.29. The minimum atomic E-state index is -0.574. The van der Waals surface area contributed by atoms with Crippen molar-refractivity contribution >= 4 is 34.8 Å². The summed E-state index contributed by atoms with van der Waals surface area (Å²) in [4.78, 5) is 0. The lowest BCUT2D eigenvalue weighted by Crippen LogP contribution is -2.32. The highest BCUT2D eigenvalue weighted by molar-refractivity contribution is 6.35. The summed E-state index contributed by atoms with van der Waals surface area (Å²) in [6.07, 6.45) is 0.0975. The number of rotatable bonds is 9. The Hall–Kier alpha value is -0.810. The van der Waals surface area contributed by atoms with E-state index in [0.29, 0.717) is 28.2 Å². The van der Waals surface area contributed by atoms with Gasteiger partial charge in [0, 0.05) is 21.6 Å². The second-order valence-electron chi connectivity index (χ2n) is 5.87. The normalized spacial score (nSPS) is 13.6. The maximum absolute atomic E-state index is 10.0. The SMILES string of the molecule is C[C@H](OC[C@H](O)CNCCc1ccc(Cl)cc1Cl)c1ccc(Cl)cc1. The molecule has 0 aromatic heterocycles. The van der Waals surface area contributed by atoms with Crippen molar-refractivity contribution in [2.24, 2.45) is 0 Å². The Bertz CT molecular complexity index is 664. The van der Waals surface area contributed by atoms with Crippen LogP contribution in [-0.4, -0.2) is 30.9 Å². The van der Waals surface area contributed by atoms with Crippen LogP contribution in [0.15, 0.2) is 42.5 Å². The van der Waals surface area contributed by atoms with Gasteiger partial charge in [-0.2, -0.15) is 0 Å². The number of hydrogen-bond donors (Lipinski definition) is 2. The molecule has 0 bridgehead atoms. The Morgan fingerprint density at radius 3 is 2.40 bits per heavy atom. The number of aliphatic hydroxyl groups is 1. The molecule has 136 valence electrons. The van der Waals surface area contributed by atoms with Crippen molar-refractivity contribution in [2.75, 3.05) is 19.7 Å². The van der Waals surface area contributed by atoms with Gasteiger partial charge < -0.3 is 15.2 Å². The molecule has 3 nitrogen and oxygen atoms in total. The summed E-state index contributed by atoms with van der Waals surface area (Å²) in [6.45, 7) is 3.38. The molecule has 0 aliphatic rings. The second-order valence-corrected chi connectivity index (χ2v) is 7.15. The molecule has 6 heteroatoms. The quantitative estimate of drug-likeness (QED) is 0.585. The number of benzene rings is 2. The average Bonchev–Trinajstić information content (AvgIpc) is 2.58. The van der Waals surface area contributed by atoms with E-state index in [1.807, 2.05) is 43.3 Å². The maximum atomic E-state index is 10.0. The lowest BCUT2D eigenvalue weighted by Gasteiger charge is -2.17. The van der Waals surface area contributed by atoms with Crippen LogP contribution in [0, 0.1) is 0 Å². The highest BCUT2D eigenvalue weighted by Gasteiger charge is 2.10. The number of nitrogens with one attached hydrogen (secondary N) is 1. The first-order valence-electron chi connectivity index (χ1n) is 8.15. The Balaban J connectivity index is 1.65. The zero-order chi connectivity index (χ0) is 18.2. The summed E-state index contributed by atoms with van der Waals surface area (Å²) in [5.41, 5.74) is 2.06. The van der Waals surface area contributed by atoms with E-state index in [9.17, 15) is 5.11 Å². The lowest BCUT2D eigenvalue weighted by molar-refractivity contribution is -0.00192. The van der Waals surface area contributed by atoms with Gasteiger partial charge in [-0.3, -0.25) is 0 Å². The van der Waals surface area contributed by atoms with Crippen LogP contribution < -0.4 is 5.32 Å². The second kappa shape index (κ2) is 10.4. The van der Waals surface area contributed by atoms with Crippen LogP contribution in [0.3, 0.4) is 0 Å². The fraction of sp³-hybridized carbons (Fsp3) is 0.368. The van der Waals surface area contributed by atoms with Crippen LogP contribution in [-0.2, 0) is 11.2 Å². The molecule has 0 amide bonds. The van der Waals surface area contributed by atoms with E-state index in [1.54, 1.807) is 6.07 Å². The minimum absolute atomic E-state index is 0.0974. The fourth-order valence-electron chi connectivity index (χ4n) is 2.36. The van der Waals surface area contributed by atoms with Crippen molar-refractivity contribution in [1.82, 2.24) is 5.32 Å². The highest BCUT2D eigenvalue weighted by Crippen LogP contribution is 2.21. The van der Waals surface area contributed by atoms with E-state index < -0.39 is 6.10 Å². The molecule has 0 unspecified atom stereocenters. The molecule has 2 N–H and O–H groups in total. The van der Waals surface area contributed by atoms with Crippen molar-refractivity contribution in [3.05, 3.63) is 68.7 Å². The van der Waals surface area contributed by atoms with Crippen molar-refractivity contribution in [1.29, 1.82) is 0 Å². The van der Waals surface area contributed by atoms with E-state index in [-0.39, 0.29) is 12.7 Å². The molecule has 0 heterocycles. The van der Waals surface area contributed by atoms with Gasteiger partial charge in [0.15, 0.2) is 0 Å². The van der Waals surface area contributed by atoms with E-state index in [0.717, 1.165) is 17.5 Å². The number of ether oxygens (including phenoxy) is 1. The Morgan fingerprint density at radius 1 is 1.04 bits per heavy atom. The summed E-state index contributed by atoms with van der Waals surface area (Å²) >= 11 is 17.9. The molecule has 2 rings (SSSR count). The number of halogens is 3. The molecule has 0 radical (unpaired) electrons. The molecule has 2 aromatic carbocycles. The van der Waals surface area contributed by atoms with Crippen LogP contribution in [0.4, 0.5) is 0 Å². The van der Waals surface area contributed by atoms with E-state index >= 15 is 0 Å². The van der Waals surface area contributed by atoms with Crippen LogP contribution >= 0.6 is 34.8 Å². The molecule has 2 atom stereocenters. The summed E-state index contributed by atoms with van der Waals surface area (Å²) in [5.74, 6) is 0. The molecule has 25 heavy (non-hydrogen) atoms. The molecule has 0 saturated carbocycles. The average molecular weight is 403 g/mol. The number of aliphatic hydroxyl groups excluding tert-OH is 1. The highest BCUT2D eigenvalue weighted by atomic mass is 35.5. The van der Waals surface area contributed by atoms with Crippen LogP contribution in [0.25, 0.3) is 0 Å². The lowest BCUT2D eigenvalue weighted by atomic mass is 10.1. The molecular weight excluding hydrogens is 381 g/mol. The molecular formula is C19H22Cl3NO2. The monoisotopic (exact) mass is 401 g/mol. The molecule has 0 aliphatic heterocycles. The van der Waals surface area contributed by atoms with Crippen LogP contribution in [0.1, 0.15) is 24.2 Å². The van der Waals surface area contributed by atoms with E-state index in [1.165, 1.54) is 0 Å². The zero-order valence-electron chi connectivity index (χ0n) is 14.0. The maximum Gasteiger partial charge on any atom is 0.0897 e. The largest absolute Gasteiger partial charge is 0.389 e. The zero-order valence-corrected chi connectivity index (χ0v) is 16.3. The third-order valence-electron chi connectivity index (χ3n) is 3.84. The summed E-state index contributed by atoms with van der Waals surface area (Å²) in [5, 5.41) is 15.2. The summed E-state index contributed by atoms with van der Waals surface area (Å²) < 4.78 is 5.71. The Kier molecular flexibility index (Phi) is 8.50.